The Morgan fingerprint density at radius 3 is 1.29 bits per heavy atom. The summed E-state index contributed by atoms with van der Waals surface area (Å²) in [5.74, 6) is 1.81. The van der Waals surface area contributed by atoms with Gasteiger partial charge in [0.1, 0.15) is 11.5 Å². The van der Waals surface area contributed by atoms with Crippen molar-refractivity contribution in [3.05, 3.63) is 193 Å². The van der Waals surface area contributed by atoms with E-state index in [9.17, 15) is 13.2 Å². The van der Waals surface area contributed by atoms with Crippen LogP contribution in [-0.2, 0) is 46.4 Å². The number of nitrogens with zero attached hydrogens (tertiary/aromatic N) is 4. The Labute approximate surface area is 382 Å². The van der Waals surface area contributed by atoms with Gasteiger partial charge in [-0.25, -0.2) is 0 Å². The largest absolute Gasteiger partial charge is 0.437 e. The van der Waals surface area contributed by atoms with Gasteiger partial charge in [-0.3, -0.25) is 0 Å². The fraction of sp³-hybridized carbons (Fsp3) is 0.0588. The predicted molar refractivity (Wildman–Crippen MR) is 230 cm³/mol. The topological polar surface area (TPSA) is 70.0 Å². The first-order valence-corrected chi connectivity index (χ1v) is 19.1. The van der Waals surface area contributed by atoms with E-state index >= 15 is 0 Å². The van der Waals surface area contributed by atoms with E-state index in [0.29, 0.717) is 17.0 Å². The number of aromatic nitrogens is 4. The van der Waals surface area contributed by atoms with Gasteiger partial charge in [0.2, 0.25) is 11.8 Å². The molecule has 0 spiro atoms. The molecule has 11 heteroatoms. The Hall–Kier alpha value is -6.35. The van der Waals surface area contributed by atoms with Crippen LogP contribution in [0.4, 0.5) is 13.2 Å². The SMILES string of the molecule is Cc1cccc(C)c1Oc1nnc(-c2[c-]cccc2)c2cc3ccccc3cc12.FC(F)(F)c1ccc(Oc2nnc(-c3[c-]cccc3)c3cc4ccccc4cc23)cc1.[Ir].[Ir]. The van der Waals surface area contributed by atoms with E-state index in [2.05, 4.69) is 56.8 Å². The molecule has 62 heavy (non-hydrogen) atoms. The number of para-hydroxylation sites is 1. The summed E-state index contributed by atoms with van der Waals surface area (Å²) in [5, 5.41) is 25.4. The van der Waals surface area contributed by atoms with Crippen molar-refractivity contribution in [2.45, 2.75) is 20.0 Å². The molecule has 0 amide bonds. The first-order chi connectivity index (χ1) is 29.2. The summed E-state index contributed by atoms with van der Waals surface area (Å²) in [5.41, 5.74) is 4.57. The van der Waals surface area contributed by atoms with Gasteiger partial charge in [-0.2, -0.15) is 23.4 Å². The molecule has 2 heterocycles. The Morgan fingerprint density at radius 2 is 0.871 bits per heavy atom. The third-order valence-corrected chi connectivity index (χ3v) is 10.2. The number of hydrogen-bond acceptors (Lipinski definition) is 6. The summed E-state index contributed by atoms with van der Waals surface area (Å²) >= 11 is 0. The van der Waals surface area contributed by atoms with Gasteiger partial charge in [0, 0.05) is 62.4 Å². The molecule has 0 unspecified atom stereocenters. The van der Waals surface area contributed by atoms with Crippen LogP contribution in [0.3, 0.4) is 0 Å². The average Bonchev–Trinajstić information content (AvgIpc) is 3.27. The molecule has 0 saturated heterocycles. The van der Waals surface area contributed by atoms with E-state index in [4.69, 9.17) is 9.47 Å². The van der Waals surface area contributed by atoms with Crippen molar-refractivity contribution < 1.29 is 62.9 Å². The predicted octanol–water partition coefficient (Wildman–Crippen LogP) is 13.7. The van der Waals surface area contributed by atoms with Gasteiger partial charge >= 0.3 is 6.18 Å². The Bertz CT molecular complexity index is 3150. The fourth-order valence-electron chi connectivity index (χ4n) is 7.14. The maximum atomic E-state index is 12.8. The van der Waals surface area contributed by atoms with Gasteiger partial charge in [0.25, 0.3) is 0 Å². The summed E-state index contributed by atoms with van der Waals surface area (Å²) < 4.78 is 50.7. The van der Waals surface area contributed by atoms with Crippen LogP contribution in [0.5, 0.6) is 23.3 Å². The van der Waals surface area contributed by atoms with Crippen molar-refractivity contribution in [1.29, 1.82) is 0 Å². The first-order valence-electron chi connectivity index (χ1n) is 19.1. The third-order valence-electron chi connectivity index (χ3n) is 10.2. The normalized spacial score (nSPS) is 11.0. The molecule has 0 atom stereocenters. The van der Waals surface area contributed by atoms with Gasteiger partial charge < -0.3 is 9.47 Å². The van der Waals surface area contributed by atoms with Crippen LogP contribution in [0.1, 0.15) is 16.7 Å². The summed E-state index contributed by atoms with van der Waals surface area (Å²) in [4.78, 5) is 0. The maximum Gasteiger partial charge on any atom is 0.416 e. The van der Waals surface area contributed by atoms with Crippen LogP contribution >= 0.6 is 0 Å². The quantitative estimate of drug-likeness (QED) is 0.122. The molecule has 310 valence electrons. The van der Waals surface area contributed by atoms with Gasteiger partial charge in [0.05, 0.1) is 5.56 Å². The molecule has 6 nitrogen and oxygen atoms in total. The van der Waals surface area contributed by atoms with Crippen molar-refractivity contribution in [2.75, 3.05) is 0 Å². The van der Waals surface area contributed by atoms with Crippen LogP contribution in [-0.4, -0.2) is 20.4 Å². The minimum Gasteiger partial charge on any atom is -0.437 e. The van der Waals surface area contributed by atoms with Crippen molar-refractivity contribution in [3.8, 4) is 45.8 Å². The standard InChI is InChI=1S/C26H19N2O.C25H14F3N2O.2Ir/c1-17-9-8-10-18(2)25(17)29-26-23-16-21-14-7-6-13-20(21)15-22(23)24(27-28-26)19-11-4-3-5-12-19;26-25(27,28)19-10-12-20(13-11-19)31-24-22-15-18-9-5-4-8-17(18)14-21(22)23(29-30-24)16-6-2-1-3-7-16;;/h3-11,13-16H,1-2H3;1-6,8-15H;;/q2*-1;;. The Kier molecular flexibility index (Phi) is 13.2. The summed E-state index contributed by atoms with van der Waals surface area (Å²) in [6.07, 6.45) is -4.40. The van der Waals surface area contributed by atoms with Gasteiger partial charge in [-0.05, 0) is 93.7 Å². The number of alkyl halides is 3. The van der Waals surface area contributed by atoms with Gasteiger partial charge in [-0.15, -0.1) is 82.0 Å². The van der Waals surface area contributed by atoms with Crippen LogP contribution in [0.2, 0.25) is 0 Å². The second kappa shape index (κ2) is 18.7. The molecule has 8 aromatic carbocycles. The molecule has 0 aliphatic carbocycles. The molecule has 0 aliphatic rings. The molecule has 10 rings (SSSR count). The second-order valence-electron chi connectivity index (χ2n) is 14.2. The third kappa shape index (κ3) is 9.13. The molecular formula is C51H33F3Ir2N4O2-2. The number of halogens is 3. The monoisotopic (exact) mass is 1180 g/mol. The minimum atomic E-state index is -4.40. The zero-order valence-corrected chi connectivity index (χ0v) is 37.8. The van der Waals surface area contributed by atoms with Crippen molar-refractivity contribution in [3.63, 3.8) is 0 Å². The average molecular weight is 1180 g/mol. The summed E-state index contributed by atoms with van der Waals surface area (Å²) in [6.45, 7) is 4.08. The van der Waals surface area contributed by atoms with Gasteiger partial charge in [-0.1, -0.05) is 78.9 Å². The minimum absolute atomic E-state index is 0. The van der Waals surface area contributed by atoms with E-state index in [1.165, 1.54) is 12.1 Å². The van der Waals surface area contributed by atoms with Crippen LogP contribution in [0.25, 0.3) is 65.6 Å². The fourth-order valence-corrected chi connectivity index (χ4v) is 7.14. The van der Waals surface area contributed by atoms with Crippen LogP contribution < -0.4 is 9.47 Å². The molecule has 0 fully saturated rings. The molecule has 0 N–H and O–H groups in total. The summed E-state index contributed by atoms with van der Waals surface area (Å²) in [6, 6.07) is 56.8. The molecule has 2 aromatic heterocycles. The number of fused-ring (bicyclic) bond motifs is 4. The van der Waals surface area contributed by atoms with E-state index in [0.717, 1.165) is 83.5 Å². The number of ether oxygens (including phenoxy) is 2. The van der Waals surface area contributed by atoms with E-state index in [1.54, 1.807) is 6.07 Å². The number of hydrogen-bond donors (Lipinski definition) is 0. The zero-order valence-electron chi connectivity index (χ0n) is 33.0. The van der Waals surface area contributed by atoms with Crippen molar-refractivity contribution in [2.24, 2.45) is 0 Å². The maximum absolute atomic E-state index is 12.8. The van der Waals surface area contributed by atoms with E-state index < -0.39 is 11.7 Å². The Morgan fingerprint density at radius 1 is 0.452 bits per heavy atom. The molecule has 0 bridgehead atoms. The van der Waals surface area contributed by atoms with Crippen LogP contribution in [0, 0.1) is 26.0 Å². The molecule has 0 saturated carbocycles. The molecular weight excluding hydrogens is 1140 g/mol. The smallest absolute Gasteiger partial charge is 0.416 e. The number of aryl methyl sites for hydroxylation is 2. The van der Waals surface area contributed by atoms with Gasteiger partial charge in [0.15, 0.2) is 0 Å². The first kappa shape index (κ1) is 43.7. The zero-order chi connectivity index (χ0) is 41.2. The number of benzene rings is 8. The van der Waals surface area contributed by atoms with Crippen molar-refractivity contribution >= 4 is 43.1 Å². The van der Waals surface area contributed by atoms with Crippen molar-refractivity contribution in [1.82, 2.24) is 20.4 Å². The number of rotatable bonds is 6. The second-order valence-corrected chi connectivity index (χ2v) is 14.2. The molecule has 0 aliphatic heterocycles. The molecule has 2 radical (unpaired) electrons. The van der Waals surface area contributed by atoms with E-state index in [-0.39, 0.29) is 51.8 Å². The van der Waals surface area contributed by atoms with Crippen LogP contribution in [0.15, 0.2) is 164 Å². The Balaban J connectivity index is 0.000000181. The summed E-state index contributed by atoms with van der Waals surface area (Å²) in [7, 11) is 0. The molecule has 10 aromatic rings. The van der Waals surface area contributed by atoms with E-state index in [1.807, 2.05) is 123 Å².